The summed E-state index contributed by atoms with van der Waals surface area (Å²) in [7, 11) is 2.21. The third kappa shape index (κ3) is 2.39. The monoisotopic (exact) mass is 331 g/mol. The maximum Gasteiger partial charge on any atom is 0.0408 e. The number of benzene rings is 1. The molecule has 0 bridgehead atoms. The summed E-state index contributed by atoms with van der Waals surface area (Å²) < 4.78 is 1.16. The first-order valence-corrected chi connectivity index (χ1v) is 7.21. The van der Waals surface area contributed by atoms with Crippen LogP contribution in [0.4, 0.5) is 5.69 Å². The normalized spacial score (nSPS) is 16.2. The highest BCUT2D eigenvalue weighted by molar-refractivity contribution is 9.10. The molecule has 2 rings (SSSR count). The minimum Gasteiger partial charge on any atom is -0.371 e. The Morgan fingerprint density at radius 2 is 2.13 bits per heavy atom. The average Bonchev–Trinajstić information content (AvgIpc) is 2.14. The maximum atomic E-state index is 3.55. The standard InChI is InChI=1S/C12H15Br2N/c1-15(11-3-2-4-11)12-6-5-10(14)7-9(12)8-13/h5-7,11H,2-4,8H2,1H3. The molecule has 0 atom stereocenters. The number of nitrogens with zero attached hydrogens (tertiary/aromatic N) is 1. The van der Waals surface area contributed by atoms with Crippen molar-refractivity contribution in [1.82, 2.24) is 0 Å². The van der Waals surface area contributed by atoms with Crippen LogP contribution in [0.2, 0.25) is 0 Å². The fourth-order valence-corrected chi connectivity index (χ4v) is 2.83. The molecule has 0 spiro atoms. The molecule has 15 heavy (non-hydrogen) atoms. The quantitative estimate of drug-likeness (QED) is 0.744. The topological polar surface area (TPSA) is 3.24 Å². The fourth-order valence-electron chi connectivity index (χ4n) is 1.98. The summed E-state index contributed by atoms with van der Waals surface area (Å²) >= 11 is 7.07. The molecule has 1 aliphatic rings. The second-order valence-corrected chi connectivity index (χ2v) is 5.58. The molecular formula is C12H15Br2N. The van der Waals surface area contributed by atoms with E-state index in [1.807, 2.05) is 0 Å². The van der Waals surface area contributed by atoms with Gasteiger partial charge < -0.3 is 4.90 Å². The van der Waals surface area contributed by atoms with E-state index in [1.165, 1.54) is 30.5 Å². The Morgan fingerprint density at radius 3 is 2.67 bits per heavy atom. The third-order valence-corrected chi connectivity index (χ3v) is 4.29. The van der Waals surface area contributed by atoms with Crippen LogP contribution in [0.1, 0.15) is 24.8 Å². The average molecular weight is 333 g/mol. The van der Waals surface area contributed by atoms with Crippen LogP contribution >= 0.6 is 31.9 Å². The van der Waals surface area contributed by atoms with Crippen molar-refractivity contribution in [3.8, 4) is 0 Å². The Kier molecular flexibility index (Phi) is 3.73. The molecule has 0 amide bonds. The Balaban J connectivity index is 2.25. The number of hydrogen-bond acceptors (Lipinski definition) is 1. The van der Waals surface area contributed by atoms with E-state index in [1.54, 1.807) is 0 Å². The first-order valence-electron chi connectivity index (χ1n) is 5.29. The lowest BCUT2D eigenvalue weighted by Gasteiger charge is -2.37. The molecule has 1 aromatic carbocycles. The van der Waals surface area contributed by atoms with Crippen LogP contribution in [-0.4, -0.2) is 13.1 Å². The summed E-state index contributed by atoms with van der Waals surface area (Å²) in [6.45, 7) is 0. The van der Waals surface area contributed by atoms with Crippen LogP contribution in [0.15, 0.2) is 22.7 Å². The molecule has 0 heterocycles. The molecule has 3 heteroatoms. The lowest BCUT2D eigenvalue weighted by molar-refractivity contribution is 0.401. The van der Waals surface area contributed by atoms with Crippen LogP contribution < -0.4 is 4.90 Å². The Morgan fingerprint density at radius 1 is 1.40 bits per heavy atom. The largest absolute Gasteiger partial charge is 0.371 e. The Bertz CT molecular complexity index is 347. The van der Waals surface area contributed by atoms with E-state index >= 15 is 0 Å². The van der Waals surface area contributed by atoms with Crippen molar-refractivity contribution in [2.75, 3.05) is 11.9 Å². The van der Waals surface area contributed by atoms with Crippen LogP contribution in [0, 0.1) is 0 Å². The molecule has 0 N–H and O–H groups in total. The fraction of sp³-hybridized carbons (Fsp3) is 0.500. The van der Waals surface area contributed by atoms with E-state index < -0.39 is 0 Å². The van der Waals surface area contributed by atoms with Gasteiger partial charge in [-0.2, -0.15) is 0 Å². The summed E-state index contributed by atoms with van der Waals surface area (Å²) in [5.74, 6) is 0. The molecule has 1 aromatic rings. The van der Waals surface area contributed by atoms with Gasteiger partial charge >= 0.3 is 0 Å². The smallest absolute Gasteiger partial charge is 0.0408 e. The summed E-state index contributed by atoms with van der Waals surface area (Å²) in [6, 6.07) is 7.28. The van der Waals surface area contributed by atoms with Crippen LogP contribution in [0.3, 0.4) is 0 Å². The van der Waals surface area contributed by atoms with Gasteiger partial charge in [0.05, 0.1) is 0 Å². The van der Waals surface area contributed by atoms with E-state index in [9.17, 15) is 0 Å². The van der Waals surface area contributed by atoms with Crippen molar-refractivity contribution in [2.24, 2.45) is 0 Å². The van der Waals surface area contributed by atoms with Gasteiger partial charge in [-0.25, -0.2) is 0 Å². The number of rotatable bonds is 3. The van der Waals surface area contributed by atoms with Crippen molar-refractivity contribution in [3.63, 3.8) is 0 Å². The second-order valence-electron chi connectivity index (χ2n) is 4.10. The minimum absolute atomic E-state index is 0.754. The van der Waals surface area contributed by atoms with Gasteiger partial charge in [-0.05, 0) is 43.0 Å². The van der Waals surface area contributed by atoms with Crippen molar-refractivity contribution in [3.05, 3.63) is 28.2 Å². The molecule has 1 nitrogen and oxygen atoms in total. The zero-order chi connectivity index (χ0) is 10.8. The Hall–Kier alpha value is -0.0200. The van der Waals surface area contributed by atoms with Gasteiger partial charge in [0, 0.05) is 28.6 Å². The molecule has 1 fully saturated rings. The highest BCUT2D eigenvalue weighted by atomic mass is 79.9. The number of halogens is 2. The van der Waals surface area contributed by atoms with E-state index in [0.29, 0.717) is 0 Å². The number of hydrogen-bond donors (Lipinski definition) is 0. The molecule has 0 saturated heterocycles. The SMILES string of the molecule is CN(c1ccc(Br)cc1CBr)C1CCC1. The van der Waals surface area contributed by atoms with Gasteiger partial charge in [-0.15, -0.1) is 0 Å². The predicted octanol–water partition coefficient (Wildman–Crippen LogP) is 4.33. The van der Waals surface area contributed by atoms with Gasteiger partial charge in [0.1, 0.15) is 0 Å². The van der Waals surface area contributed by atoms with Crippen LogP contribution in [0.5, 0.6) is 0 Å². The number of alkyl halides is 1. The summed E-state index contributed by atoms with van der Waals surface area (Å²) in [5, 5.41) is 0.916. The summed E-state index contributed by atoms with van der Waals surface area (Å²) in [4.78, 5) is 2.42. The van der Waals surface area contributed by atoms with E-state index in [4.69, 9.17) is 0 Å². The van der Waals surface area contributed by atoms with Gasteiger partial charge in [-0.3, -0.25) is 0 Å². The summed E-state index contributed by atoms with van der Waals surface area (Å²) in [6.07, 6.45) is 4.07. The second kappa shape index (κ2) is 4.88. The lowest BCUT2D eigenvalue weighted by atomic mass is 9.91. The Labute approximate surface area is 108 Å². The van der Waals surface area contributed by atoms with E-state index in [2.05, 4.69) is 62.0 Å². The van der Waals surface area contributed by atoms with E-state index in [0.717, 1.165) is 15.8 Å². The third-order valence-electron chi connectivity index (χ3n) is 3.19. The van der Waals surface area contributed by atoms with Gasteiger partial charge in [0.25, 0.3) is 0 Å². The van der Waals surface area contributed by atoms with Crippen LogP contribution in [-0.2, 0) is 5.33 Å². The molecule has 0 aliphatic heterocycles. The highest BCUT2D eigenvalue weighted by Gasteiger charge is 2.23. The molecular weight excluding hydrogens is 318 g/mol. The van der Waals surface area contributed by atoms with Gasteiger partial charge in [0.2, 0.25) is 0 Å². The molecule has 0 unspecified atom stereocenters. The van der Waals surface area contributed by atoms with Crippen molar-refractivity contribution >= 4 is 37.5 Å². The van der Waals surface area contributed by atoms with Crippen molar-refractivity contribution in [1.29, 1.82) is 0 Å². The summed E-state index contributed by atoms with van der Waals surface area (Å²) in [5.41, 5.74) is 2.72. The highest BCUT2D eigenvalue weighted by Crippen LogP contribution is 2.32. The minimum atomic E-state index is 0.754. The lowest BCUT2D eigenvalue weighted by Crippen LogP contribution is -2.37. The molecule has 82 valence electrons. The van der Waals surface area contributed by atoms with Crippen molar-refractivity contribution < 1.29 is 0 Å². The molecule has 1 saturated carbocycles. The maximum absolute atomic E-state index is 3.55. The first kappa shape index (κ1) is 11.5. The van der Waals surface area contributed by atoms with Gasteiger partial charge in [0.15, 0.2) is 0 Å². The van der Waals surface area contributed by atoms with Gasteiger partial charge in [-0.1, -0.05) is 31.9 Å². The zero-order valence-corrected chi connectivity index (χ0v) is 12.0. The molecule has 0 radical (unpaired) electrons. The van der Waals surface area contributed by atoms with Crippen LogP contribution in [0.25, 0.3) is 0 Å². The number of anilines is 1. The predicted molar refractivity (Wildman–Crippen MR) is 72.8 cm³/mol. The molecule has 0 aromatic heterocycles. The first-order chi connectivity index (χ1) is 7.22. The zero-order valence-electron chi connectivity index (χ0n) is 8.84. The van der Waals surface area contributed by atoms with Crippen molar-refractivity contribution in [2.45, 2.75) is 30.6 Å². The van der Waals surface area contributed by atoms with E-state index in [-0.39, 0.29) is 0 Å². The molecule has 1 aliphatic carbocycles.